The van der Waals surface area contributed by atoms with E-state index < -0.39 is 28.4 Å². The summed E-state index contributed by atoms with van der Waals surface area (Å²) in [6.07, 6.45) is 5.48. The van der Waals surface area contributed by atoms with Crippen molar-refractivity contribution in [2.45, 2.75) is 20.0 Å². The largest absolute Gasteiger partial charge is 0.673 e. The van der Waals surface area contributed by atoms with Crippen LogP contribution in [0.5, 0.6) is 0 Å². The lowest BCUT2D eigenvalue weighted by molar-refractivity contribution is 0.00818. The highest BCUT2D eigenvalue weighted by molar-refractivity contribution is 6.50. The summed E-state index contributed by atoms with van der Waals surface area (Å²) in [5.74, 6) is 0. The number of hydrogen-bond acceptors (Lipinski definition) is 2. The van der Waals surface area contributed by atoms with Crippen molar-refractivity contribution in [3.05, 3.63) is 12.4 Å². The Morgan fingerprint density at radius 2 is 0.964 bits per heavy atom. The first-order valence-corrected chi connectivity index (χ1v) is 6.73. The van der Waals surface area contributed by atoms with Gasteiger partial charge >= 0.3 is 28.4 Å². The van der Waals surface area contributed by atoms with Crippen molar-refractivity contribution >= 4 is 21.8 Å². The maximum absolute atomic E-state index is 9.75. The van der Waals surface area contributed by atoms with Gasteiger partial charge in [-0.15, -0.1) is 0 Å². The van der Waals surface area contributed by atoms with Crippen LogP contribution in [0, 0.1) is 0 Å². The van der Waals surface area contributed by atoms with E-state index in [-0.39, 0.29) is 0 Å². The van der Waals surface area contributed by atoms with Crippen molar-refractivity contribution in [3.8, 4) is 0 Å². The van der Waals surface area contributed by atoms with Crippen LogP contribution < -0.4 is 0 Å². The number of hydrogen-bond donors (Lipinski definition) is 0. The van der Waals surface area contributed by atoms with E-state index in [0.717, 1.165) is 6.67 Å². The van der Waals surface area contributed by atoms with E-state index in [1.54, 1.807) is 0 Å². The first-order valence-electron chi connectivity index (χ1n) is 6.73. The van der Waals surface area contributed by atoms with Crippen LogP contribution >= 0.6 is 0 Å². The average molecular weight is 457 g/mol. The third-order valence-electron chi connectivity index (χ3n) is 1.45. The summed E-state index contributed by atoms with van der Waals surface area (Å²) in [5, 5.41) is 0. The van der Waals surface area contributed by atoms with E-state index in [1.165, 1.54) is 13.0 Å². The Balaban J connectivity index is -0.000000134. The summed E-state index contributed by atoms with van der Waals surface area (Å²) >= 11 is 0. The van der Waals surface area contributed by atoms with Crippen molar-refractivity contribution in [1.29, 1.82) is 0 Å². The third-order valence-corrected chi connectivity index (χ3v) is 1.45. The second kappa shape index (κ2) is 16.4. The molecule has 0 aromatic carbocycles. The van der Waals surface area contributed by atoms with Gasteiger partial charge in [-0.25, -0.2) is 0 Å². The highest BCUT2D eigenvalue weighted by Gasteiger charge is 2.21. The molecule has 1 aliphatic rings. The summed E-state index contributed by atoms with van der Waals surface area (Å²) in [7, 11) is -15.9. The molecule has 0 radical (unpaired) electrons. The zero-order valence-corrected chi connectivity index (χ0v) is 14.1. The summed E-state index contributed by atoms with van der Waals surface area (Å²) in [5.41, 5.74) is 0. The fourth-order valence-electron chi connectivity index (χ4n) is 1.02. The lowest BCUT2D eigenvalue weighted by Gasteiger charge is -2.16. The smallest absolute Gasteiger partial charge is 0.418 e. The van der Waals surface area contributed by atoms with Crippen molar-refractivity contribution in [2.75, 3.05) is 20.3 Å². The zero-order chi connectivity index (χ0) is 23.8. The van der Waals surface area contributed by atoms with Gasteiger partial charge in [0.05, 0.1) is 6.67 Å². The van der Waals surface area contributed by atoms with E-state index in [9.17, 15) is 65.0 Å². The predicted octanol–water partition coefficient (Wildman–Crippen LogP) is 6.15. The second-order valence-corrected chi connectivity index (χ2v) is 4.24. The standard InChI is InChI=1S/C7H14N2.CHF3.3BF4/c1-3-4-9-6-5-8(2)7-9;2-1(3)4;3*2-1(3,4)5/h5-6H,3-4,7H2,1-2H3;1H;;;/q;;3*-1. The van der Waals surface area contributed by atoms with Gasteiger partial charge in [0.15, 0.2) is 0 Å². The molecule has 0 fully saturated rings. The number of alkyl halides is 3. The van der Waals surface area contributed by atoms with Crippen LogP contribution in [0.1, 0.15) is 13.3 Å². The zero-order valence-electron chi connectivity index (χ0n) is 14.1. The third kappa shape index (κ3) is 123. The van der Waals surface area contributed by atoms with Crippen LogP contribution in [-0.4, -0.2) is 58.5 Å². The fourth-order valence-corrected chi connectivity index (χ4v) is 1.02. The Morgan fingerprint density at radius 1 is 0.714 bits per heavy atom. The van der Waals surface area contributed by atoms with Gasteiger partial charge in [0, 0.05) is 26.0 Å². The van der Waals surface area contributed by atoms with E-state index in [0.29, 0.717) is 0 Å². The quantitative estimate of drug-likeness (QED) is 0.363. The Bertz CT molecular complexity index is 320. The van der Waals surface area contributed by atoms with Gasteiger partial charge in [0.2, 0.25) is 0 Å². The highest BCUT2D eigenvalue weighted by atomic mass is 19.5. The molecule has 0 unspecified atom stereocenters. The number of nitrogens with zero attached hydrogens (tertiary/aromatic N) is 2. The Kier molecular flexibility index (Phi) is 20.0. The van der Waals surface area contributed by atoms with E-state index in [1.807, 2.05) is 0 Å². The first kappa shape index (κ1) is 34.0. The Labute approximate surface area is 150 Å². The van der Waals surface area contributed by atoms with E-state index in [2.05, 4.69) is 36.2 Å². The van der Waals surface area contributed by atoms with Crippen LogP contribution in [0.15, 0.2) is 12.4 Å². The molecule has 0 aliphatic carbocycles. The second-order valence-electron chi connectivity index (χ2n) is 4.24. The molecule has 0 amide bonds. The molecule has 1 rings (SSSR count). The molecule has 2 nitrogen and oxygen atoms in total. The summed E-state index contributed by atoms with van der Waals surface area (Å²) in [6, 6.07) is 0. The maximum Gasteiger partial charge on any atom is 0.673 e. The summed E-state index contributed by atoms with van der Waals surface area (Å²) < 4.78 is 146. The molecule has 0 N–H and O–H groups in total. The minimum atomic E-state index is -6.00. The lowest BCUT2D eigenvalue weighted by Crippen LogP contribution is -2.22. The van der Waals surface area contributed by atoms with Gasteiger partial charge in [-0.2, -0.15) is 13.2 Å². The molecule has 28 heavy (non-hydrogen) atoms. The van der Waals surface area contributed by atoms with Crippen molar-refractivity contribution in [2.24, 2.45) is 0 Å². The van der Waals surface area contributed by atoms with Crippen molar-refractivity contribution < 1.29 is 65.0 Å². The minimum Gasteiger partial charge on any atom is -0.418 e. The summed E-state index contributed by atoms with van der Waals surface area (Å²) in [4.78, 5) is 4.48. The SMILES string of the molecule is CCCN1C=CN(C)C1.FC(F)F.F[B-](F)(F)F.F[B-](F)(F)F.F[B-](F)(F)F. The molecule has 1 aliphatic heterocycles. The molecular formula is C8H15B3F15N2-3. The maximum atomic E-state index is 9.75. The van der Waals surface area contributed by atoms with Crippen LogP contribution in [0.4, 0.5) is 65.0 Å². The van der Waals surface area contributed by atoms with Crippen molar-refractivity contribution in [3.63, 3.8) is 0 Å². The monoisotopic (exact) mass is 457 g/mol. The molecule has 0 aromatic rings. The van der Waals surface area contributed by atoms with E-state index >= 15 is 0 Å². The van der Waals surface area contributed by atoms with E-state index in [4.69, 9.17) is 0 Å². The number of halogens is 15. The predicted molar refractivity (Wildman–Crippen MR) is 76.4 cm³/mol. The van der Waals surface area contributed by atoms with Gasteiger partial charge in [-0.3, -0.25) is 0 Å². The van der Waals surface area contributed by atoms with Gasteiger partial charge < -0.3 is 61.6 Å². The van der Waals surface area contributed by atoms with Crippen LogP contribution in [-0.2, 0) is 0 Å². The van der Waals surface area contributed by atoms with Crippen LogP contribution in [0.2, 0.25) is 0 Å². The molecule has 1 heterocycles. The van der Waals surface area contributed by atoms with Crippen LogP contribution in [0.3, 0.4) is 0 Å². The van der Waals surface area contributed by atoms with Gasteiger partial charge in [0.25, 0.3) is 0 Å². The minimum absolute atomic E-state index is 1.06. The normalized spacial score (nSPS) is 13.4. The average Bonchev–Trinajstić information content (AvgIpc) is 2.67. The molecule has 0 bridgehead atoms. The lowest BCUT2D eigenvalue weighted by atomic mass is 10.3. The van der Waals surface area contributed by atoms with Crippen molar-refractivity contribution in [1.82, 2.24) is 9.80 Å². The van der Waals surface area contributed by atoms with Crippen LogP contribution in [0.25, 0.3) is 0 Å². The molecule has 0 saturated heterocycles. The first-order chi connectivity index (χ1) is 12.1. The van der Waals surface area contributed by atoms with Gasteiger partial charge in [0.1, 0.15) is 0 Å². The molecule has 0 atom stereocenters. The molecule has 0 spiro atoms. The Morgan fingerprint density at radius 3 is 1.11 bits per heavy atom. The molecule has 0 saturated carbocycles. The van der Waals surface area contributed by atoms with Gasteiger partial charge in [-0.05, 0) is 6.42 Å². The fraction of sp³-hybridized carbons (Fsp3) is 0.750. The van der Waals surface area contributed by atoms with Gasteiger partial charge in [-0.1, -0.05) is 6.92 Å². The highest BCUT2D eigenvalue weighted by Crippen LogP contribution is 2.07. The molecular weight excluding hydrogens is 442 g/mol. The topological polar surface area (TPSA) is 6.48 Å². The molecule has 174 valence electrons. The molecule has 0 aromatic heterocycles. The molecule has 20 heteroatoms. The summed E-state index contributed by atoms with van der Waals surface area (Å²) in [6.45, 7) is 0.779. The number of rotatable bonds is 2. The Hall–Kier alpha value is -1.52.